The number of hydrogen-bond donors (Lipinski definition) is 2. The minimum Gasteiger partial charge on any atom is -0.339 e. The van der Waals surface area contributed by atoms with Gasteiger partial charge in [0, 0.05) is 32.2 Å². The summed E-state index contributed by atoms with van der Waals surface area (Å²) in [5, 5.41) is 5.87. The van der Waals surface area contributed by atoms with Gasteiger partial charge in [-0.2, -0.15) is 0 Å². The van der Waals surface area contributed by atoms with E-state index < -0.39 is 0 Å². The predicted molar refractivity (Wildman–Crippen MR) is 96.7 cm³/mol. The Morgan fingerprint density at radius 3 is 2.71 bits per heavy atom. The monoisotopic (exact) mass is 329 g/mol. The molecule has 0 radical (unpaired) electrons. The first kappa shape index (κ1) is 18.0. The number of carbonyl (C=O) groups is 2. The van der Waals surface area contributed by atoms with Gasteiger partial charge in [0.15, 0.2) is 0 Å². The summed E-state index contributed by atoms with van der Waals surface area (Å²) in [5.41, 5.74) is 1.68. The van der Waals surface area contributed by atoms with Crippen molar-refractivity contribution in [1.82, 2.24) is 10.2 Å². The minimum absolute atomic E-state index is 0.0297. The second kappa shape index (κ2) is 9.11. The van der Waals surface area contributed by atoms with Crippen LogP contribution in [0.4, 0.5) is 10.5 Å². The number of nitrogens with one attached hydrogen (secondary N) is 2. The zero-order valence-electron chi connectivity index (χ0n) is 14.5. The highest BCUT2D eigenvalue weighted by Crippen LogP contribution is 2.19. The van der Waals surface area contributed by atoms with Crippen molar-refractivity contribution >= 4 is 17.6 Å². The molecule has 5 heteroatoms. The molecule has 5 nitrogen and oxygen atoms in total. The number of anilines is 1. The Bertz CT molecular complexity index is 598. The van der Waals surface area contributed by atoms with Crippen LogP contribution in [0.15, 0.2) is 36.4 Å². The molecule has 0 aromatic heterocycles. The zero-order valence-corrected chi connectivity index (χ0v) is 14.5. The van der Waals surface area contributed by atoms with Crippen LogP contribution in [0.3, 0.4) is 0 Å². The second-order valence-corrected chi connectivity index (χ2v) is 6.18. The first-order valence-electron chi connectivity index (χ1n) is 8.63. The third-order valence-corrected chi connectivity index (χ3v) is 4.38. The van der Waals surface area contributed by atoms with Gasteiger partial charge in [0.1, 0.15) is 0 Å². The third kappa shape index (κ3) is 5.41. The van der Waals surface area contributed by atoms with Crippen molar-refractivity contribution in [1.29, 1.82) is 0 Å². The minimum atomic E-state index is -0.192. The molecule has 1 aromatic rings. The van der Waals surface area contributed by atoms with Crippen LogP contribution in [0.2, 0.25) is 0 Å². The van der Waals surface area contributed by atoms with Crippen LogP contribution in [0.1, 0.15) is 38.7 Å². The van der Waals surface area contributed by atoms with Gasteiger partial charge in [-0.3, -0.25) is 4.79 Å². The Labute approximate surface area is 144 Å². The number of hydrogen-bond acceptors (Lipinski definition) is 2. The molecule has 1 unspecified atom stereocenters. The van der Waals surface area contributed by atoms with Crippen LogP contribution in [0.25, 0.3) is 0 Å². The van der Waals surface area contributed by atoms with E-state index in [1.54, 1.807) is 11.8 Å². The van der Waals surface area contributed by atoms with Crippen LogP contribution in [-0.2, 0) is 11.3 Å². The topological polar surface area (TPSA) is 61.4 Å². The fourth-order valence-corrected chi connectivity index (χ4v) is 2.88. The van der Waals surface area contributed by atoms with Gasteiger partial charge in [0.25, 0.3) is 0 Å². The normalized spacial score (nSPS) is 16.5. The van der Waals surface area contributed by atoms with Gasteiger partial charge < -0.3 is 15.5 Å². The van der Waals surface area contributed by atoms with Crippen molar-refractivity contribution in [3.8, 4) is 0 Å². The third-order valence-electron chi connectivity index (χ3n) is 4.38. The van der Waals surface area contributed by atoms with Crippen molar-refractivity contribution in [3.63, 3.8) is 0 Å². The molecule has 0 fully saturated rings. The van der Waals surface area contributed by atoms with Crippen LogP contribution in [0.5, 0.6) is 0 Å². The molecule has 1 aliphatic rings. The molecule has 2 N–H and O–H groups in total. The number of nitrogens with zero attached hydrogens (tertiary/aromatic N) is 1. The van der Waals surface area contributed by atoms with Gasteiger partial charge in [0.2, 0.25) is 5.91 Å². The van der Waals surface area contributed by atoms with E-state index in [2.05, 4.69) is 22.8 Å². The fraction of sp³-hybridized carbons (Fsp3) is 0.474. The molecule has 1 aliphatic carbocycles. The molecule has 2 rings (SSSR count). The van der Waals surface area contributed by atoms with E-state index in [0.29, 0.717) is 25.6 Å². The maximum absolute atomic E-state index is 12.2. The molecule has 0 saturated carbocycles. The van der Waals surface area contributed by atoms with Crippen LogP contribution in [-0.4, -0.2) is 29.9 Å². The Balaban J connectivity index is 1.92. The van der Waals surface area contributed by atoms with Crippen molar-refractivity contribution in [2.45, 2.75) is 39.7 Å². The van der Waals surface area contributed by atoms with Crippen LogP contribution < -0.4 is 10.6 Å². The molecule has 0 spiro atoms. The fourth-order valence-electron chi connectivity index (χ4n) is 2.88. The number of rotatable bonds is 6. The van der Waals surface area contributed by atoms with E-state index in [0.717, 1.165) is 30.5 Å². The van der Waals surface area contributed by atoms with E-state index in [4.69, 9.17) is 0 Å². The van der Waals surface area contributed by atoms with Gasteiger partial charge >= 0.3 is 6.03 Å². The highest BCUT2D eigenvalue weighted by molar-refractivity contribution is 5.90. The van der Waals surface area contributed by atoms with Crippen LogP contribution in [0, 0.1) is 5.92 Å². The van der Waals surface area contributed by atoms with Gasteiger partial charge in [-0.15, -0.1) is 0 Å². The molecule has 0 aliphatic heterocycles. The zero-order chi connectivity index (χ0) is 17.4. The van der Waals surface area contributed by atoms with Crippen LogP contribution >= 0.6 is 0 Å². The number of para-hydroxylation sites is 1. The van der Waals surface area contributed by atoms with E-state index in [1.807, 2.05) is 31.2 Å². The Kier molecular flexibility index (Phi) is 6.85. The summed E-state index contributed by atoms with van der Waals surface area (Å²) >= 11 is 0. The van der Waals surface area contributed by atoms with Crippen molar-refractivity contribution < 1.29 is 9.59 Å². The molecule has 3 amide bonds. The first-order chi connectivity index (χ1) is 11.6. The highest BCUT2D eigenvalue weighted by Gasteiger charge is 2.13. The molecule has 1 atom stereocenters. The molecular weight excluding hydrogens is 302 g/mol. The average molecular weight is 329 g/mol. The largest absolute Gasteiger partial charge is 0.339 e. The number of carbonyl (C=O) groups excluding carboxylic acids is 2. The summed E-state index contributed by atoms with van der Waals surface area (Å²) in [7, 11) is 0. The van der Waals surface area contributed by atoms with Crippen molar-refractivity contribution in [3.05, 3.63) is 42.0 Å². The summed E-state index contributed by atoms with van der Waals surface area (Å²) in [6.45, 7) is 5.33. The average Bonchev–Trinajstić information content (AvgIpc) is 2.59. The molecule has 130 valence electrons. The van der Waals surface area contributed by atoms with Crippen molar-refractivity contribution in [2.75, 3.05) is 18.4 Å². The summed E-state index contributed by atoms with van der Waals surface area (Å²) in [6, 6.07) is 7.41. The summed E-state index contributed by atoms with van der Waals surface area (Å²) in [4.78, 5) is 25.5. The lowest BCUT2D eigenvalue weighted by atomic mass is 9.94. The number of benzene rings is 1. The summed E-state index contributed by atoms with van der Waals surface area (Å²) in [6.07, 6.45) is 7.62. The van der Waals surface area contributed by atoms with E-state index >= 15 is 0 Å². The lowest BCUT2D eigenvalue weighted by molar-refractivity contribution is -0.129. The first-order valence-corrected chi connectivity index (χ1v) is 8.63. The Hall–Kier alpha value is -2.30. The van der Waals surface area contributed by atoms with Crippen molar-refractivity contribution in [2.24, 2.45) is 5.92 Å². The maximum atomic E-state index is 12.2. The standard InChI is InChI=1S/C19H27N3O2/c1-3-22(15(2)23)14-17-11-7-8-12-18(17)21-19(24)20-13-16-9-5-4-6-10-16/h4-5,7-8,11-12,16H,3,6,9-10,13-14H2,1-2H3,(H2,20,21,24). The van der Waals surface area contributed by atoms with Gasteiger partial charge in [0.05, 0.1) is 0 Å². The lowest BCUT2D eigenvalue weighted by Gasteiger charge is -2.21. The summed E-state index contributed by atoms with van der Waals surface area (Å²) < 4.78 is 0. The summed E-state index contributed by atoms with van der Waals surface area (Å²) in [5.74, 6) is 0.548. The Morgan fingerprint density at radius 1 is 1.25 bits per heavy atom. The van der Waals surface area contributed by atoms with E-state index in [-0.39, 0.29) is 11.9 Å². The Morgan fingerprint density at radius 2 is 2.04 bits per heavy atom. The highest BCUT2D eigenvalue weighted by atomic mass is 16.2. The second-order valence-electron chi connectivity index (χ2n) is 6.18. The van der Waals surface area contributed by atoms with Gasteiger partial charge in [-0.25, -0.2) is 4.79 Å². The molecule has 0 saturated heterocycles. The van der Waals surface area contributed by atoms with E-state index in [1.165, 1.54) is 0 Å². The lowest BCUT2D eigenvalue weighted by Crippen LogP contribution is -2.34. The van der Waals surface area contributed by atoms with Gasteiger partial charge in [-0.05, 0) is 43.7 Å². The van der Waals surface area contributed by atoms with E-state index in [9.17, 15) is 9.59 Å². The maximum Gasteiger partial charge on any atom is 0.319 e. The number of amides is 3. The molecule has 0 heterocycles. The quantitative estimate of drug-likeness (QED) is 0.784. The van der Waals surface area contributed by atoms with Gasteiger partial charge in [-0.1, -0.05) is 30.4 Å². The number of allylic oxidation sites excluding steroid dienone is 2. The molecule has 1 aromatic carbocycles. The smallest absolute Gasteiger partial charge is 0.319 e. The number of urea groups is 1. The predicted octanol–water partition coefficient (Wildman–Crippen LogP) is 3.53. The molecule has 0 bridgehead atoms. The SMILES string of the molecule is CCN(Cc1ccccc1NC(=O)NCC1CC=CCC1)C(C)=O. The molecule has 24 heavy (non-hydrogen) atoms. The molecular formula is C19H27N3O2.